The van der Waals surface area contributed by atoms with Crippen molar-refractivity contribution in [2.24, 2.45) is 0 Å². The Hall–Kier alpha value is -3.15. The fourth-order valence-corrected chi connectivity index (χ4v) is 1.87. The zero-order valence-corrected chi connectivity index (χ0v) is 12.3. The van der Waals surface area contributed by atoms with E-state index >= 15 is 0 Å². The highest BCUT2D eigenvalue weighted by molar-refractivity contribution is 6.07. The Morgan fingerprint density at radius 2 is 1.61 bits per heavy atom. The first-order valence-electron chi connectivity index (χ1n) is 6.92. The summed E-state index contributed by atoms with van der Waals surface area (Å²) in [7, 11) is 0. The van der Waals surface area contributed by atoms with Crippen molar-refractivity contribution >= 4 is 23.3 Å². The Morgan fingerprint density at radius 1 is 1.00 bits per heavy atom. The molecule has 0 saturated heterocycles. The van der Waals surface area contributed by atoms with Crippen molar-refractivity contribution in [3.05, 3.63) is 72.6 Å². The SMILES string of the molecule is C=CCNC(=O)Nc1ccccc1NC(=O)c1ccccc1F. The van der Waals surface area contributed by atoms with Crippen LogP contribution in [0.3, 0.4) is 0 Å². The van der Waals surface area contributed by atoms with Gasteiger partial charge in [0, 0.05) is 6.54 Å². The number of carbonyl (C=O) groups is 2. The van der Waals surface area contributed by atoms with Gasteiger partial charge in [0.05, 0.1) is 16.9 Å². The Bertz CT molecular complexity index is 731. The molecule has 0 fully saturated rings. The average molecular weight is 313 g/mol. The van der Waals surface area contributed by atoms with Crippen LogP contribution >= 0.6 is 0 Å². The van der Waals surface area contributed by atoms with E-state index < -0.39 is 17.8 Å². The summed E-state index contributed by atoms with van der Waals surface area (Å²) in [4.78, 5) is 23.8. The van der Waals surface area contributed by atoms with E-state index in [9.17, 15) is 14.0 Å². The molecule has 23 heavy (non-hydrogen) atoms. The lowest BCUT2D eigenvalue weighted by molar-refractivity contribution is 0.102. The number of anilines is 2. The summed E-state index contributed by atoms with van der Waals surface area (Å²) in [5.41, 5.74) is 0.701. The predicted molar refractivity (Wildman–Crippen MR) is 88.0 cm³/mol. The average Bonchev–Trinajstić information content (AvgIpc) is 2.55. The molecule has 0 unspecified atom stereocenters. The minimum Gasteiger partial charge on any atom is -0.334 e. The fourth-order valence-electron chi connectivity index (χ4n) is 1.87. The van der Waals surface area contributed by atoms with Crippen molar-refractivity contribution in [2.45, 2.75) is 0 Å². The molecule has 0 aliphatic carbocycles. The standard InChI is InChI=1S/C17H16FN3O2/c1-2-11-19-17(23)21-15-10-6-5-9-14(15)20-16(22)12-7-3-4-8-13(12)18/h2-10H,1,11H2,(H,20,22)(H2,19,21,23). The van der Waals surface area contributed by atoms with E-state index in [1.807, 2.05) is 0 Å². The number of amides is 3. The van der Waals surface area contributed by atoms with Crippen LogP contribution in [-0.2, 0) is 0 Å². The smallest absolute Gasteiger partial charge is 0.319 e. The maximum Gasteiger partial charge on any atom is 0.319 e. The van der Waals surface area contributed by atoms with Crippen LogP contribution < -0.4 is 16.0 Å². The third-order valence-corrected chi connectivity index (χ3v) is 2.95. The lowest BCUT2D eigenvalue weighted by atomic mass is 10.2. The van der Waals surface area contributed by atoms with Crippen LogP contribution in [0.2, 0.25) is 0 Å². The van der Waals surface area contributed by atoms with Gasteiger partial charge in [0.25, 0.3) is 5.91 Å². The number of benzene rings is 2. The van der Waals surface area contributed by atoms with E-state index in [0.29, 0.717) is 17.9 Å². The second-order valence-corrected chi connectivity index (χ2v) is 4.60. The minimum absolute atomic E-state index is 0.0709. The molecule has 5 nitrogen and oxygen atoms in total. The van der Waals surface area contributed by atoms with E-state index in [0.717, 1.165) is 0 Å². The molecule has 2 aromatic rings. The minimum atomic E-state index is -0.612. The Kier molecular flexibility index (Phi) is 5.46. The number of halogens is 1. The van der Waals surface area contributed by atoms with Gasteiger partial charge in [-0.15, -0.1) is 6.58 Å². The molecule has 2 rings (SSSR count). The predicted octanol–water partition coefficient (Wildman–Crippen LogP) is 3.39. The molecule has 118 valence electrons. The number of urea groups is 1. The molecular weight excluding hydrogens is 297 g/mol. The van der Waals surface area contributed by atoms with Crippen molar-refractivity contribution in [2.75, 3.05) is 17.2 Å². The first kappa shape index (κ1) is 16.2. The van der Waals surface area contributed by atoms with Gasteiger partial charge in [-0.25, -0.2) is 9.18 Å². The third kappa shape index (κ3) is 4.41. The number of para-hydroxylation sites is 2. The lowest BCUT2D eigenvalue weighted by Crippen LogP contribution is -2.29. The third-order valence-electron chi connectivity index (χ3n) is 2.95. The van der Waals surface area contributed by atoms with Gasteiger partial charge in [0.15, 0.2) is 0 Å². The van der Waals surface area contributed by atoms with Gasteiger partial charge in [0.2, 0.25) is 0 Å². The molecule has 0 aromatic heterocycles. The summed E-state index contributed by atoms with van der Waals surface area (Å²) in [5.74, 6) is -1.21. The van der Waals surface area contributed by atoms with Gasteiger partial charge in [0.1, 0.15) is 5.82 Å². The summed E-state index contributed by atoms with van der Waals surface area (Å²) in [6.45, 7) is 3.82. The largest absolute Gasteiger partial charge is 0.334 e. The molecule has 0 aliphatic rings. The molecule has 0 saturated carbocycles. The van der Waals surface area contributed by atoms with E-state index in [4.69, 9.17) is 0 Å². The quantitative estimate of drug-likeness (QED) is 0.741. The molecule has 3 N–H and O–H groups in total. The maximum atomic E-state index is 13.6. The van der Waals surface area contributed by atoms with Crippen molar-refractivity contribution in [3.63, 3.8) is 0 Å². The number of carbonyl (C=O) groups excluding carboxylic acids is 2. The van der Waals surface area contributed by atoms with Gasteiger partial charge < -0.3 is 16.0 Å². The Morgan fingerprint density at radius 3 is 2.26 bits per heavy atom. The number of hydrogen-bond donors (Lipinski definition) is 3. The normalized spacial score (nSPS) is 9.78. The van der Waals surface area contributed by atoms with Crippen molar-refractivity contribution < 1.29 is 14.0 Å². The van der Waals surface area contributed by atoms with Gasteiger partial charge in [-0.2, -0.15) is 0 Å². The fraction of sp³-hybridized carbons (Fsp3) is 0.0588. The summed E-state index contributed by atoms with van der Waals surface area (Å²) >= 11 is 0. The monoisotopic (exact) mass is 313 g/mol. The Balaban J connectivity index is 2.14. The van der Waals surface area contributed by atoms with Crippen molar-refractivity contribution in [3.8, 4) is 0 Å². The summed E-state index contributed by atoms with van der Waals surface area (Å²) < 4.78 is 13.6. The second kappa shape index (κ2) is 7.74. The lowest BCUT2D eigenvalue weighted by Gasteiger charge is -2.12. The first-order chi connectivity index (χ1) is 11.1. The first-order valence-corrected chi connectivity index (χ1v) is 6.92. The molecule has 6 heteroatoms. The van der Waals surface area contributed by atoms with E-state index in [-0.39, 0.29) is 5.56 Å². The van der Waals surface area contributed by atoms with E-state index in [2.05, 4.69) is 22.5 Å². The van der Waals surface area contributed by atoms with E-state index in [1.165, 1.54) is 18.2 Å². The van der Waals surface area contributed by atoms with Crippen molar-refractivity contribution in [1.82, 2.24) is 5.32 Å². The van der Waals surface area contributed by atoms with Crippen molar-refractivity contribution in [1.29, 1.82) is 0 Å². The summed E-state index contributed by atoms with van der Waals surface area (Å²) in [6, 6.07) is 11.9. The van der Waals surface area contributed by atoms with Gasteiger partial charge >= 0.3 is 6.03 Å². The van der Waals surface area contributed by atoms with Crippen LogP contribution in [0.5, 0.6) is 0 Å². The van der Waals surface area contributed by atoms with Crippen LogP contribution in [0.4, 0.5) is 20.6 Å². The molecule has 0 radical (unpaired) electrons. The van der Waals surface area contributed by atoms with Gasteiger partial charge in [-0.3, -0.25) is 4.79 Å². The molecule has 0 heterocycles. The van der Waals surface area contributed by atoms with E-state index in [1.54, 1.807) is 36.4 Å². The molecule has 0 aliphatic heterocycles. The highest BCUT2D eigenvalue weighted by atomic mass is 19.1. The van der Waals surface area contributed by atoms with Crippen LogP contribution in [-0.4, -0.2) is 18.5 Å². The van der Waals surface area contributed by atoms with Crippen LogP contribution in [0.1, 0.15) is 10.4 Å². The molecule has 2 aromatic carbocycles. The zero-order chi connectivity index (χ0) is 16.7. The van der Waals surface area contributed by atoms with Crippen LogP contribution in [0.25, 0.3) is 0 Å². The maximum absolute atomic E-state index is 13.6. The van der Waals surface area contributed by atoms with Crippen LogP contribution in [0, 0.1) is 5.82 Å². The zero-order valence-electron chi connectivity index (χ0n) is 12.3. The number of rotatable bonds is 5. The molecule has 0 bridgehead atoms. The number of nitrogens with one attached hydrogen (secondary N) is 3. The second-order valence-electron chi connectivity index (χ2n) is 4.60. The van der Waals surface area contributed by atoms with Crippen LogP contribution in [0.15, 0.2) is 61.2 Å². The molecule has 0 atom stereocenters. The molecule has 3 amide bonds. The topological polar surface area (TPSA) is 70.2 Å². The summed E-state index contributed by atoms with van der Waals surface area (Å²) in [6.07, 6.45) is 1.55. The highest BCUT2D eigenvalue weighted by Gasteiger charge is 2.13. The Labute approximate surface area is 133 Å². The summed E-state index contributed by atoms with van der Waals surface area (Å²) in [5, 5.41) is 7.76. The molecular formula is C17H16FN3O2. The highest BCUT2D eigenvalue weighted by Crippen LogP contribution is 2.22. The number of hydrogen-bond acceptors (Lipinski definition) is 2. The molecule has 0 spiro atoms. The van der Waals surface area contributed by atoms with Gasteiger partial charge in [-0.1, -0.05) is 30.3 Å². The van der Waals surface area contributed by atoms with Gasteiger partial charge in [-0.05, 0) is 24.3 Å².